The van der Waals surface area contributed by atoms with Crippen molar-refractivity contribution < 1.29 is 0 Å². The van der Waals surface area contributed by atoms with Crippen molar-refractivity contribution in [3.8, 4) is 0 Å². The molecule has 0 aliphatic rings. The average molecular weight is 233 g/mol. The summed E-state index contributed by atoms with van der Waals surface area (Å²) in [5.41, 5.74) is 1.64. The molecule has 2 heterocycles. The molecule has 6 nitrogen and oxygen atoms in total. The normalized spacial score (nSPS) is 11.3. The third-order valence-corrected chi connectivity index (χ3v) is 2.54. The van der Waals surface area contributed by atoms with Crippen LogP contribution in [0, 0.1) is 6.92 Å². The van der Waals surface area contributed by atoms with Crippen LogP contribution >= 0.6 is 0 Å². The first-order valence-electron chi connectivity index (χ1n) is 5.41. The lowest BCUT2D eigenvalue weighted by atomic mass is 10.4. The summed E-state index contributed by atoms with van der Waals surface area (Å²) in [6.07, 6.45) is 3.06. The summed E-state index contributed by atoms with van der Waals surface area (Å²) in [7, 11) is 3.94. The highest BCUT2D eigenvalue weighted by Crippen LogP contribution is 2.04. The molecule has 0 saturated heterocycles. The van der Waals surface area contributed by atoms with Gasteiger partial charge >= 0.3 is 0 Å². The number of hydrogen-bond acceptors (Lipinski definition) is 5. The molecule has 90 valence electrons. The van der Waals surface area contributed by atoms with Crippen LogP contribution < -0.4 is 5.56 Å². The maximum atomic E-state index is 12.0. The summed E-state index contributed by atoms with van der Waals surface area (Å²) in [5.74, 6) is 0. The van der Waals surface area contributed by atoms with Crippen LogP contribution in [0.2, 0.25) is 0 Å². The summed E-state index contributed by atoms with van der Waals surface area (Å²) in [6, 6.07) is 0. The van der Waals surface area contributed by atoms with E-state index < -0.39 is 0 Å². The van der Waals surface area contributed by atoms with Gasteiger partial charge in [0.25, 0.3) is 5.56 Å². The van der Waals surface area contributed by atoms with Gasteiger partial charge in [-0.3, -0.25) is 9.36 Å². The summed E-state index contributed by atoms with van der Waals surface area (Å²) >= 11 is 0. The third-order valence-electron chi connectivity index (χ3n) is 2.54. The predicted octanol–water partition coefficient (Wildman–Crippen LogP) is 0.0565. The number of hydrogen-bond donors (Lipinski definition) is 0. The zero-order chi connectivity index (χ0) is 12.4. The van der Waals surface area contributed by atoms with Crippen LogP contribution in [0.5, 0.6) is 0 Å². The molecule has 2 aromatic rings. The molecule has 2 rings (SSSR count). The SMILES string of the molecule is Cc1nc2cncnc2n(CCN(C)C)c1=O. The van der Waals surface area contributed by atoms with Gasteiger partial charge in [0.1, 0.15) is 17.5 Å². The first-order valence-corrected chi connectivity index (χ1v) is 5.41. The minimum absolute atomic E-state index is 0.0851. The standard InChI is InChI=1S/C11H15N5O/c1-8-11(17)16(5-4-15(2)3)10-9(14-8)6-12-7-13-10/h6-7H,4-5H2,1-3H3. The van der Waals surface area contributed by atoms with Gasteiger partial charge in [-0.15, -0.1) is 0 Å². The van der Waals surface area contributed by atoms with Gasteiger partial charge in [0.15, 0.2) is 5.65 Å². The van der Waals surface area contributed by atoms with E-state index in [1.807, 2.05) is 19.0 Å². The van der Waals surface area contributed by atoms with Gasteiger partial charge in [0.2, 0.25) is 0 Å². The molecule has 0 unspecified atom stereocenters. The van der Waals surface area contributed by atoms with Crippen molar-refractivity contribution in [1.82, 2.24) is 24.4 Å². The Kier molecular flexibility index (Phi) is 3.14. The van der Waals surface area contributed by atoms with E-state index in [0.29, 0.717) is 23.4 Å². The summed E-state index contributed by atoms with van der Waals surface area (Å²) in [6.45, 7) is 3.09. The molecule has 0 aliphatic heterocycles. The van der Waals surface area contributed by atoms with Gasteiger partial charge in [0, 0.05) is 13.1 Å². The van der Waals surface area contributed by atoms with Crippen LogP contribution in [0.25, 0.3) is 11.2 Å². The van der Waals surface area contributed by atoms with Crippen LogP contribution in [0.3, 0.4) is 0 Å². The summed E-state index contributed by atoms with van der Waals surface area (Å²) in [4.78, 5) is 26.3. The van der Waals surface area contributed by atoms with Crippen LogP contribution in [-0.2, 0) is 6.54 Å². The number of likely N-dealkylation sites (N-methyl/N-ethyl adjacent to an activating group) is 1. The fourth-order valence-corrected chi connectivity index (χ4v) is 1.63. The quantitative estimate of drug-likeness (QED) is 0.750. The molecule has 0 atom stereocenters. The van der Waals surface area contributed by atoms with Crippen molar-refractivity contribution in [2.75, 3.05) is 20.6 Å². The molecule has 0 spiro atoms. The van der Waals surface area contributed by atoms with Gasteiger partial charge in [0.05, 0.1) is 6.20 Å². The van der Waals surface area contributed by atoms with E-state index in [4.69, 9.17) is 0 Å². The van der Waals surface area contributed by atoms with Crippen LogP contribution in [0.15, 0.2) is 17.3 Å². The highest BCUT2D eigenvalue weighted by atomic mass is 16.1. The fourth-order valence-electron chi connectivity index (χ4n) is 1.63. The highest BCUT2D eigenvalue weighted by molar-refractivity contribution is 5.68. The second-order valence-corrected chi connectivity index (χ2v) is 4.19. The first-order chi connectivity index (χ1) is 8.09. The Morgan fingerprint density at radius 2 is 2.18 bits per heavy atom. The van der Waals surface area contributed by atoms with Gasteiger partial charge in [-0.2, -0.15) is 0 Å². The van der Waals surface area contributed by atoms with Gasteiger partial charge in [-0.05, 0) is 21.0 Å². The van der Waals surface area contributed by atoms with E-state index >= 15 is 0 Å². The van der Waals surface area contributed by atoms with Crippen molar-refractivity contribution in [3.63, 3.8) is 0 Å². The van der Waals surface area contributed by atoms with E-state index in [2.05, 4.69) is 15.0 Å². The smallest absolute Gasteiger partial charge is 0.273 e. The van der Waals surface area contributed by atoms with Crippen LogP contribution in [0.4, 0.5) is 0 Å². The fraction of sp³-hybridized carbons (Fsp3) is 0.455. The highest BCUT2D eigenvalue weighted by Gasteiger charge is 2.08. The summed E-state index contributed by atoms with van der Waals surface area (Å²) < 4.78 is 1.65. The Morgan fingerprint density at radius 1 is 1.41 bits per heavy atom. The molecule has 0 aliphatic carbocycles. The lowest BCUT2D eigenvalue weighted by Crippen LogP contribution is -2.29. The number of aromatic nitrogens is 4. The Bertz CT molecular complexity index is 590. The molecule has 17 heavy (non-hydrogen) atoms. The minimum atomic E-state index is -0.0851. The molecule has 2 aromatic heterocycles. The summed E-state index contributed by atoms with van der Waals surface area (Å²) in [5, 5.41) is 0. The second-order valence-electron chi connectivity index (χ2n) is 4.19. The predicted molar refractivity (Wildman–Crippen MR) is 64.9 cm³/mol. The molecular weight excluding hydrogens is 218 g/mol. The van der Waals surface area contributed by atoms with E-state index in [-0.39, 0.29) is 5.56 Å². The Labute approximate surface area is 98.9 Å². The van der Waals surface area contributed by atoms with Crippen molar-refractivity contribution >= 4 is 11.2 Å². The molecule has 0 bridgehead atoms. The lowest BCUT2D eigenvalue weighted by molar-refractivity contribution is 0.383. The Balaban J connectivity index is 2.58. The van der Waals surface area contributed by atoms with Gasteiger partial charge in [-0.25, -0.2) is 15.0 Å². The molecule has 0 aromatic carbocycles. The maximum absolute atomic E-state index is 12.0. The average Bonchev–Trinajstić information content (AvgIpc) is 2.29. The van der Waals surface area contributed by atoms with E-state index in [9.17, 15) is 4.79 Å². The van der Waals surface area contributed by atoms with Crippen LogP contribution in [-0.4, -0.2) is 45.1 Å². The number of rotatable bonds is 3. The maximum Gasteiger partial charge on any atom is 0.273 e. The monoisotopic (exact) mass is 233 g/mol. The molecule has 0 N–H and O–H groups in total. The van der Waals surface area contributed by atoms with Crippen molar-refractivity contribution in [3.05, 3.63) is 28.6 Å². The minimum Gasteiger partial charge on any atom is -0.308 e. The molecule has 0 amide bonds. The van der Waals surface area contributed by atoms with Crippen molar-refractivity contribution in [1.29, 1.82) is 0 Å². The van der Waals surface area contributed by atoms with E-state index in [1.165, 1.54) is 6.33 Å². The zero-order valence-corrected chi connectivity index (χ0v) is 10.2. The number of fused-ring (bicyclic) bond motifs is 1. The van der Waals surface area contributed by atoms with Crippen LogP contribution in [0.1, 0.15) is 5.69 Å². The van der Waals surface area contributed by atoms with E-state index in [0.717, 1.165) is 6.54 Å². The largest absolute Gasteiger partial charge is 0.308 e. The molecular formula is C11H15N5O. The molecule has 0 saturated carbocycles. The number of aryl methyl sites for hydroxylation is 1. The van der Waals surface area contributed by atoms with Crippen molar-refractivity contribution in [2.24, 2.45) is 0 Å². The van der Waals surface area contributed by atoms with Gasteiger partial charge < -0.3 is 4.90 Å². The molecule has 0 radical (unpaired) electrons. The third kappa shape index (κ3) is 2.31. The van der Waals surface area contributed by atoms with E-state index in [1.54, 1.807) is 17.7 Å². The Morgan fingerprint density at radius 3 is 2.88 bits per heavy atom. The number of nitrogens with zero attached hydrogens (tertiary/aromatic N) is 5. The molecule has 0 fully saturated rings. The Hall–Kier alpha value is -1.82. The van der Waals surface area contributed by atoms with Crippen molar-refractivity contribution in [2.45, 2.75) is 13.5 Å². The lowest BCUT2D eigenvalue weighted by Gasteiger charge is -2.13. The van der Waals surface area contributed by atoms with Gasteiger partial charge in [-0.1, -0.05) is 0 Å². The zero-order valence-electron chi connectivity index (χ0n) is 10.2. The topological polar surface area (TPSA) is 63.9 Å². The second kappa shape index (κ2) is 4.58. The first kappa shape index (κ1) is 11.7. The molecule has 6 heteroatoms.